The summed E-state index contributed by atoms with van der Waals surface area (Å²) in [4.78, 5) is 63.6. The van der Waals surface area contributed by atoms with Crippen LogP contribution in [0.25, 0.3) is 21.9 Å². The predicted octanol–water partition coefficient (Wildman–Crippen LogP) is 3.68. The summed E-state index contributed by atoms with van der Waals surface area (Å²) in [6, 6.07) is 13.9. The monoisotopic (exact) mass is 701 g/mol. The van der Waals surface area contributed by atoms with Gasteiger partial charge < -0.3 is 24.0 Å². The summed E-state index contributed by atoms with van der Waals surface area (Å²) in [5.74, 6) is 0.965. The third kappa shape index (κ3) is 5.51. The topological polar surface area (TPSA) is 120 Å². The standard InChI is InChI=1S/C40H43N7O5/c1-43-22-32(30-18-35(45-12-3-13-45)41-19-31(30)38(43)50)25-4-5-26(34(17-25)52-2)20-44-14-10-40(11-15-44)23-46(24-40)28-6-7-29-27(16-28)21-47(39(29)51)33-8-9-36(48)42-37(33)49/h4-7,16-19,22,33H,3,8-15,20-21,23-24H2,1-2H3,(H,42,48,49). The van der Waals surface area contributed by atoms with Crippen LogP contribution in [0, 0.1) is 5.41 Å². The number of amides is 3. The molecular weight excluding hydrogens is 658 g/mol. The molecule has 0 saturated carbocycles. The number of nitrogens with zero attached hydrogens (tertiary/aromatic N) is 6. The molecule has 1 spiro atoms. The zero-order chi connectivity index (χ0) is 35.7. The number of aryl methyl sites for hydroxylation is 1. The Morgan fingerprint density at radius 3 is 2.46 bits per heavy atom. The highest BCUT2D eigenvalue weighted by molar-refractivity contribution is 6.05. The average Bonchev–Trinajstić information content (AvgIpc) is 3.43. The quantitative estimate of drug-likeness (QED) is 0.288. The second-order valence-corrected chi connectivity index (χ2v) is 15.3. The van der Waals surface area contributed by atoms with Gasteiger partial charge in [-0.3, -0.25) is 29.4 Å². The average molecular weight is 702 g/mol. The molecule has 3 amide bonds. The Hall–Kier alpha value is -5.23. The van der Waals surface area contributed by atoms with Gasteiger partial charge in [-0.1, -0.05) is 12.1 Å². The highest BCUT2D eigenvalue weighted by Crippen LogP contribution is 2.44. The Morgan fingerprint density at radius 2 is 1.73 bits per heavy atom. The zero-order valence-corrected chi connectivity index (χ0v) is 29.7. The van der Waals surface area contributed by atoms with E-state index in [1.165, 1.54) is 0 Å². The molecule has 4 aromatic rings. The molecule has 268 valence electrons. The van der Waals surface area contributed by atoms with Crippen molar-refractivity contribution in [3.05, 3.63) is 81.9 Å². The number of benzene rings is 2. The van der Waals surface area contributed by atoms with E-state index in [9.17, 15) is 19.2 Å². The molecule has 2 aromatic carbocycles. The predicted molar refractivity (Wildman–Crippen MR) is 197 cm³/mol. The SMILES string of the molecule is COc1cc(-c2cn(C)c(=O)c3cnc(N4CCC4)cc23)ccc1CN1CCC2(CC1)CN(c1ccc3c(c1)CN(C1CCC(=O)NC1=O)C3=O)C2. The number of rotatable bonds is 7. The van der Waals surface area contributed by atoms with Crippen LogP contribution in [-0.2, 0) is 29.7 Å². The van der Waals surface area contributed by atoms with Crippen molar-refractivity contribution in [2.24, 2.45) is 12.5 Å². The Balaban J connectivity index is 0.846. The number of hydrogen-bond donors (Lipinski definition) is 1. The van der Waals surface area contributed by atoms with E-state index in [2.05, 4.69) is 55.3 Å². The highest BCUT2D eigenvalue weighted by atomic mass is 16.5. The first-order chi connectivity index (χ1) is 25.2. The molecule has 0 radical (unpaired) electrons. The minimum atomic E-state index is -0.599. The fourth-order valence-corrected chi connectivity index (χ4v) is 8.79. The summed E-state index contributed by atoms with van der Waals surface area (Å²) in [5.41, 5.74) is 6.09. The lowest BCUT2D eigenvalue weighted by Crippen LogP contribution is -2.60. The van der Waals surface area contributed by atoms with Gasteiger partial charge in [-0.05, 0) is 80.2 Å². The Bertz CT molecular complexity index is 2190. The smallest absolute Gasteiger partial charge is 0.259 e. The molecule has 0 aliphatic carbocycles. The molecule has 0 bridgehead atoms. The fourth-order valence-electron chi connectivity index (χ4n) is 8.79. The number of carbonyl (C=O) groups excluding carboxylic acids is 3. The number of anilines is 2. The van der Waals surface area contributed by atoms with Crippen molar-refractivity contribution in [3.63, 3.8) is 0 Å². The molecule has 4 fully saturated rings. The molecule has 1 atom stereocenters. The first-order valence-corrected chi connectivity index (χ1v) is 18.4. The van der Waals surface area contributed by atoms with Gasteiger partial charge in [0.25, 0.3) is 11.5 Å². The number of ether oxygens (including phenoxy) is 1. The van der Waals surface area contributed by atoms with E-state index in [4.69, 9.17) is 4.74 Å². The van der Waals surface area contributed by atoms with E-state index in [0.29, 0.717) is 23.9 Å². The second kappa shape index (κ2) is 12.5. The summed E-state index contributed by atoms with van der Waals surface area (Å²) >= 11 is 0. The molecule has 2 aromatic heterocycles. The maximum Gasteiger partial charge on any atom is 0.259 e. The maximum absolute atomic E-state index is 13.1. The molecule has 9 rings (SSSR count). The number of methoxy groups -OCH3 is 1. The van der Waals surface area contributed by atoms with E-state index in [1.54, 1.807) is 29.8 Å². The Labute approximate surface area is 301 Å². The number of nitrogens with one attached hydrogen (secondary N) is 1. The minimum Gasteiger partial charge on any atom is -0.496 e. The molecule has 1 unspecified atom stereocenters. The van der Waals surface area contributed by atoms with E-state index in [0.717, 1.165) is 110 Å². The summed E-state index contributed by atoms with van der Waals surface area (Å²) < 4.78 is 7.59. The molecule has 1 N–H and O–H groups in total. The van der Waals surface area contributed by atoms with Crippen LogP contribution in [0.2, 0.25) is 0 Å². The van der Waals surface area contributed by atoms with Crippen molar-refractivity contribution < 1.29 is 19.1 Å². The van der Waals surface area contributed by atoms with Crippen LogP contribution in [0.1, 0.15) is 53.6 Å². The van der Waals surface area contributed by atoms with Crippen molar-refractivity contribution in [2.75, 3.05) is 56.2 Å². The molecule has 4 saturated heterocycles. The highest BCUT2D eigenvalue weighted by Gasteiger charge is 2.46. The van der Waals surface area contributed by atoms with Crippen molar-refractivity contribution in [1.29, 1.82) is 0 Å². The van der Waals surface area contributed by atoms with Crippen LogP contribution in [0.4, 0.5) is 11.5 Å². The molecule has 52 heavy (non-hydrogen) atoms. The van der Waals surface area contributed by atoms with Crippen molar-refractivity contribution in [1.82, 2.24) is 24.7 Å². The minimum absolute atomic E-state index is 0.0513. The first-order valence-electron chi connectivity index (χ1n) is 18.4. The van der Waals surface area contributed by atoms with Crippen molar-refractivity contribution in [3.8, 4) is 16.9 Å². The summed E-state index contributed by atoms with van der Waals surface area (Å²) in [6.07, 6.45) is 7.66. The summed E-state index contributed by atoms with van der Waals surface area (Å²) in [6.45, 7) is 7.18. The number of piperidine rings is 2. The number of likely N-dealkylation sites (tertiary alicyclic amines) is 1. The van der Waals surface area contributed by atoms with Gasteiger partial charge in [-0.2, -0.15) is 0 Å². The van der Waals surface area contributed by atoms with Gasteiger partial charge >= 0.3 is 0 Å². The number of carbonyl (C=O) groups is 3. The normalized spacial score (nSPS) is 21.3. The molecule has 5 aliphatic heterocycles. The van der Waals surface area contributed by atoms with E-state index in [1.807, 2.05) is 18.3 Å². The van der Waals surface area contributed by atoms with Crippen molar-refractivity contribution >= 4 is 40.0 Å². The number of aromatic nitrogens is 2. The number of hydrogen-bond acceptors (Lipinski definition) is 9. The lowest BCUT2D eigenvalue weighted by molar-refractivity contribution is -0.136. The van der Waals surface area contributed by atoms with Gasteiger partial charge in [-0.25, -0.2) is 4.98 Å². The second-order valence-electron chi connectivity index (χ2n) is 15.3. The lowest BCUT2D eigenvalue weighted by atomic mass is 9.71. The van der Waals surface area contributed by atoms with Crippen LogP contribution in [0.3, 0.4) is 0 Å². The van der Waals surface area contributed by atoms with E-state index in [-0.39, 0.29) is 35.1 Å². The van der Waals surface area contributed by atoms with Crippen LogP contribution in [0.5, 0.6) is 5.75 Å². The van der Waals surface area contributed by atoms with E-state index >= 15 is 0 Å². The fraction of sp³-hybridized carbons (Fsp3) is 0.425. The molecule has 12 nitrogen and oxygen atoms in total. The van der Waals surface area contributed by atoms with Gasteiger partial charge in [0, 0.05) is 98.3 Å². The molecule has 7 heterocycles. The Morgan fingerprint density at radius 1 is 0.923 bits per heavy atom. The maximum atomic E-state index is 13.1. The third-order valence-electron chi connectivity index (χ3n) is 12.1. The molecule has 5 aliphatic rings. The van der Waals surface area contributed by atoms with Gasteiger partial charge in [0.2, 0.25) is 11.8 Å². The summed E-state index contributed by atoms with van der Waals surface area (Å²) in [7, 11) is 3.51. The molecular formula is C40H43N7O5. The number of fused-ring (bicyclic) bond motifs is 2. The van der Waals surface area contributed by atoms with Gasteiger partial charge in [0.15, 0.2) is 0 Å². The third-order valence-corrected chi connectivity index (χ3v) is 12.1. The zero-order valence-electron chi connectivity index (χ0n) is 29.7. The van der Waals surface area contributed by atoms with Crippen LogP contribution in [0.15, 0.2) is 59.7 Å². The van der Waals surface area contributed by atoms with Crippen molar-refractivity contribution in [2.45, 2.75) is 51.2 Å². The largest absolute Gasteiger partial charge is 0.496 e. The van der Waals surface area contributed by atoms with E-state index < -0.39 is 6.04 Å². The number of imide groups is 1. The Kier molecular flexibility index (Phi) is 7.83. The first kappa shape index (κ1) is 32.7. The summed E-state index contributed by atoms with van der Waals surface area (Å²) in [5, 5.41) is 3.91. The molecule has 12 heteroatoms. The van der Waals surface area contributed by atoms with Gasteiger partial charge in [-0.15, -0.1) is 0 Å². The van der Waals surface area contributed by atoms with Crippen LogP contribution in [-0.4, -0.2) is 89.5 Å². The van der Waals surface area contributed by atoms with Crippen LogP contribution >= 0.6 is 0 Å². The van der Waals surface area contributed by atoms with Crippen LogP contribution < -0.4 is 25.4 Å². The number of pyridine rings is 2. The lowest BCUT2D eigenvalue weighted by Gasteiger charge is -2.55. The van der Waals surface area contributed by atoms with Gasteiger partial charge in [0.05, 0.1) is 12.5 Å². The van der Waals surface area contributed by atoms with Gasteiger partial charge in [0.1, 0.15) is 17.6 Å².